The van der Waals surface area contributed by atoms with Crippen LogP contribution in [0.1, 0.15) is 56.0 Å². The van der Waals surface area contributed by atoms with Crippen molar-refractivity contribution in [2.24, 2.45) is 5.41 Å². The van der Waals surface area contributed by atoms with Gasteiger partial charge in [-0.1, -0.05) is 32.9 Å². The number of halogens is 3. The largest absolute Gasteiger partial charge is 0.416 e. The molecule has 0 atom stereocenters. The van der Waals surface area contributed by atoms with Crippen LogP contribution in [0.15, 0.2) is 30.3 Å². The quantitative estimate of drug-likeness (QED) is 0.688. The van der Waals surface area contributed by atoms with Gasteiger partial charge in [-0.05, 0) is 54.5 Å². The zero-order valence-corrected chi connectivity index (χ0v) is 17.9. The molecule has 0 radical (unpaired) electrons. The molecule has 1 N–H and O–H groups in total. The molecule has 7 heteroatoms. The minimum Gasteiger partial charge on any atom is -0.366 e. The third kappa shape index (κ3) is 5.52. The van der Waals surface area contributed by atoms with Gasteiger partial charge in [0.05, 0.1) is 16.9 Å². The first-order valence-corrected chi connectivity index (χ1v) is 10.1. The molecular formula is C23H28F3N3O. The van der Waals surface area contributed by atoms with Gasteiger partial charge in [-0.2, -0.15) is 13.2 Å². The van der Waals surface area contributed by atoms with E-state index in [1.165, 1.54) is 12.1 Å². The molecule has 0 unspecified atom stereocenters. The highest BCUT2D eigenvalue weighted by atomic mass is 19.4. The normalized spacial score (nSPS) is 14.4. The number of anilines is 2. The van der Waals surface area contributed by atoms with Crippen molar-refractivity contribution in [3.63, 3.8) is 0 Å². The standard InChI is InChI=1S/C23H28F3N3O/c1-15-12-19-18(27-21(15)28-20(30)13-22(2,3)4)6-5-11-29(19)14-16-7-9-17(10-8-16)23(24,25)26/h7-10,12H,5-6,11,13-14H2,1-4H3,(H,27,28,30). The SMILES string of the molecule is Cc1cc2c(nc1NC(=O)CC(C)(C)C)CCCN2Cc1ccc(C(F)(F)F)cc1. The zero-order chi connectivity index (χ0) is 22.1. The summed E-state index contributed by atoms with van der Waals surface area (Å²) < 4.78 is 38.4. The van der Waals surface area contributed by atoms with Gasteiger partial charge in [-0.3, -0.25) is 4.79 Å². The Labute approximate surface area is 175 Å². The van der Waals surface area contributed by atoms with Crippen molar-refractivity contribution in [1.82, 2.24) is 4.98 Å². The highest BCUT2D eigenvalue weighted by Crippen LogP contribution is 2.32. The van der Waals surface area contributed by atoms with Gasteiger partial charge in [-0.25, -0.2) is 4.98 Å². The summed E-state index contributed by atoms with van der Waals surface area (Å²) in [4.78, 5) is 19.2. The van der Waals surface area contributed by atoms with Crippen molar-refractivity contribution in [2.75, 3.05) is 16.8 Å². The van der Waals surface area contributed by atoms with E-state index in [0.29, 0.717) is 18.8 Å². The summed E-state index contributed by atoms with van der Waals surface area (Å²) in [5, 5.41) is 2.93. The molecule has 1 aliphatic heterocycles. The Bertz CT molecular complexity index is 915. The van der Waals surface area contributed by atoms with Crippen LogP contribution < -0.4 is 10.2 Å². The highest BCUT2D eigenvalue weighted by Gasteiger charge is 2.30. The average molecular weight is 419 g/mol. The molecule has 0 saturated carbocycles. The number of carbonyl (C=O) groups is 1. The topological polar surface area (TPSA) is 45.2 Å². The number of fused-ring (bicyclic) bond motifs is 1. The van der Waals surface area contributed by atoms with Crippen molar-refractivity contribution in [3.05, 3.63) is 52.7 Å². The second kappa shape index (κ2) is 8.28. The van der Waals surface area contributed by atoms with Crippen LogP contribution in [-0.2, 0) is 23.9 Å². The van der Waals surface area contributed by atoms with Crippen LogP contribution in [-0.4, -0.2) is 17.4 Å². The Balaban J connectivity index is 1.77. The van der Waals surface area contributed by atoms with Crippen molar-refractivity contribution < 1.29 is 18.0 Å². The van der Waals surface area contributed by atoms with Crippen molar-refractivity contribution in [1.29, 1.82) is 0 Å². The molecule has 0 aliphatic carbocycles. The predicted octanol–water partition coefficient (Wildman–Crippen LogP) is 5.74. The van der Waals surface area contributed by atoms with Crippen LogP contribution in [0.3, 0.4) is 0 Å². The van der Waals surface area contributed by atoms with Crippen LogP contribution >= 0.6 is 0 Å². The molecule has 1 amide bonds. The van der Waals surface area contributed by atoms with Gasteiger partial charge in [0.25, 0.3) is 0 Å². The summed E-state index contributed by atoms with van der Waals surface area (Å²) in [5.41, 5.74) is 2.83. The summed E-state index contributed by atoms with van der Waals surface area (Å²) in [6, 6.07) is 7.31. The van der Waals surface area contributed by atoms with Gasteiger partial charge in [0, 0.05) is 19.5 Å². The van der Waals surface area contributed by atoms with E-state index in [4.69, 9.17) is 4.98 Å². The number of pyridine rings is 1. The van der Waals surface area contributed by atoms with Crippen molar-refractivity contribution in [2.45, 2.75) is 59.7 Å². The van der Waals surface area contributed by atoms with Crippen LogP contribution in [0.2, 0.25) is 0 Å². The van der Waals surface area contributed by atoms with Crippen LogP contribution in [0, 0.1) is 12.3 Å². The minimum absolute atomic E-state index is 0.0598. The number of aryl methyl sites for hydroxylation is 2. The lowest BCUT2D eigenvalue weighted by atomic mass is 9.92. The smallest absolute Gasteiger partial charge is 0.366 e. The molecule has 1 aromatic carbocycles. The molecule has 1 aromatic heterocycles. The Morgan fingerprint density at radius 3 is 2.43 bits per heavy atom. The number of hydrogen-bond acceptors (Lipinski definition) is 3. The first-order valence-electron chi connectivity index (χ1n) is 10.1. The van der Waals surface area contributed by atoms with Gasteiger partial charge in [0.2, 0.25) is 5.91 Å². The fraction of sp³-hybridized carbons (Fsp3) is 0.478. The Kier molecular flexibility index (Phi) is 6.11. The molecule has 0 bridgehead atoms. The van der Waals surface area contributed by atoms with E-state index >= 15 is 0 Å². The Hall–Kier alpha value is -2.57. The molecule has 3 rings (SSSR count). The molecule has 0 saturated heterocycles. The summed E-state index contributed by atoms with van der Waals surface area (Å²) in [7, 11) is 0. The first kappa shape index (κ1) is 22.1. The van der Waals surface area contributed by atoms with Gasteiger partial charge in [-0.15, -0.1) is 0 Å². The number of benzene rings is 1. The maximum atomic E-state index is 12.8. The summed E-state index contributed by atoms with van der Waals surface area (Å²) in [5.74, 6) is 0.523. The molecule has 162 valence electrons. The number of carbonyl (C=O) groups excluding carboxylic acids is 1. The molecule has 0 fully saturated rings. The maximum Gasteiger partial charge on any atom is 0.416 e. The second-order valence-electron chi connectivity index (χ2n) is 9.13. The van der Waals surface area contributed by atoms with E-state index in [0.717, 1.165) is 54.0 Å². The molecule has 2 aromatic rings. The molecule has 0 spiro atoms. The monoisotopic (exact) mass is 419 g/mol. The minimum atomic E-state index is -4.33. The lowest BCUT2D eigenvalue weighted by Gasteiger charge is -2.31. The molecule has 2 heterocycles. The predicted molar refractivity (Wildman–Crippen MR) is 112 cm³/mol. The molecule has 1 aliphatic rings. The third-order valence-electron chi connectivity index (χ3n) is 5.05. The number of rotatable bonds is 4. The van der Waals surface area contributed by atoms with Crippen molar-refractivity contribution >= 4 is 17.4 Å². The van der Waals surface area contributed by atoms with E-state index in [-0.39, 0.29) is 11.3 Å². The van der Waals surface area contributed by atoms with Crippen LogP contribution in [0.4, 0.5) is 24.7 Å². The number of nitrogens with zero attached hydrogens (tertiary/aromatic N) is 2. The van der Waals surface area contributed by atoms with Gasteiger partial charge in [0.15, 0.2) is 0 Å². The lowest BCUT2D eigenvalue weighted by Crippen LogP contribution is -2.30. The van der Waals surface area contributed by atoms with Crippen LogP contribution in [0.25, 0.3) is 0 Å². The maximum absolute atomic E-state index is 12.8. The van der Waals surface area contributed by atoms with E-state index in [9.17, 15) is 18.0 Å². The first-order chi connectivity index (χ1) is 13.9. The van der Waals surface area contributed by atoms with Gasteiger partial charge < -0.3 is 10.2 Å². The van der Waals surface area contributed by atoms with Gasteiger partial charge in [0.1, 0.15) is 5.82 Å². The number of alkyl halides is 3. The van der Waals surface area contributed by atoms with E-state index < -0.39 is 11.7 Å². The highest BCUT2D eigenvalue weighted by molar-refractivity contribution is 5.91. The van der Waals surface area contributed by atoms with E-state index in [1.807, 2.05) is 33.8 Å². The number of hydrogen-bond donors (Lipinski definition) is 1. The molecular weight excluding hydrogens is 391 g/mol. The average Bonchev–Trinajstić information content (AvgIpc) is 2.61. The molecule has 4 nitrogen and oxygen atoms in total. The van der Waals surface area contributed by atoms with E-state index in [1.54, 1.807) is 0 Å². The Morgan fingerprint density at radius 2 is 1.83 bits per heavy atom. The lowest BCUT2D eigenvalue weighted by molar-refractivity contribution is -0.137. The fourth-order valence-corrected chi connectivity index (χ4v) is 3.62. The van der Waals surface area contributed by atoms with Gasteiger partial charge >= 0.3 is 6.18 Å². The van der Waals surface area contributed by atoms with E-state index in [2.05, 4.69) is 10.2 Å². The molecule has 30 heavy (non-hydrogen) atoms. The summed E-state index contributed by atoms with van der Waals surface area (Å²) in [6.45, 7) is 9.27. The zero-order valence-electron chi connectivity index (χ0n) is 17.9. The Morgan fingerprint density at radius 1 is 1.17 bits per heavy atom. The number of nitrogens with one attached hydrogen (secondary N) is 1. The fourth-order valence-electron chi connectivity index (χ4n) is 3.62. The second-order valence-corrected chi connectivity index (χ2v) is 9.13. The number of amides is 1. The number of aromatic nitrogens is 1. The third-order valence-corrected chi connectivity index (χ3v) is 5.05. The summed E-state index contributed by atoms with van der Waals surface area (Å²) >= 11 is 0. The summed E-state index contributed by atoms with van der Waals surface area (Å²) in [6.07, 6.45) is -2.21. The van der Waals surface area contributed by atoms with Crippen LogP contribution in [0.5, 0.6) is 0 Å². The van der Waals surface area contributed by atoms with Crippen molar-refractivity contribution in [3.8, 4) is 0 Å².